The van der Waals surface area contributed by atoms with Crippen molar-refractivity contribution >= 4 is 24.2 Å². The van der Waals surface area contributed by atoms with Crippen LogP contribution in [0.2, 0.25) is 0 Å². The normalized spacial score (nSPS) is 12.9. The SMILES string of the molecule is COC(=O)C(C/C=C/c1ccccc1)N(C(=O)OC(C)(C)C)C(=O)OC(C)(C)C. The summed E-state index contributed by atoms with van der Waals surface area (Å²) in [5.74, 6) is -0.751. The first-order chi connectivity index (χ1) is 13.3. The van der Waals surface area contributed by atoms with Gasteiger partial charge >= 0.3 is 18.2 Å². The van der Waals surface area contributed by atoms with Gasteiger partial charge in [-0.2, -0.15) is 4.90 Å². The molecule has 2 amide bonds. The third-order valence-corrected chi connectivity index (χ3v) is 3.43. The second kappa shape index (κ2) is 10.1. The molecule has 0 saturated heterocycles. The highest BCUT2D eigenvalue weighted by molar-refractivity contribution is 5.94. The van der Waals surface area contributed by atoms with Gasteiger partial charge in [-0.15, -0.1) is 0 Å². The van der Waals surface area contributed by atoms with E-state index in [-0.39, 0.29) is 6.42 Å². The highest BCUT2D eigenvalue weighted by Crippen LogP contribution is 2.19. The maximum atomic E-state index is 12.8. The summed E-state index contributed by atoms with van der Waals surface area (Å²) in [6, 6.07) is 8.20. The molecule has 0 bridgehead atoms. The predicted octanol–water partition coefficient (Wildman–Crippen LogP) is 4.80. The zero-order valence-electron chi connectivity index (χ0n) is 18.2. The van der Waals surface area contributed by atoms with Gasteiger partial charge in [-0.1, -0.05) is 42.5 Å². The Labute approximate surface area is 172 Å². The molecule has 0 heterocycles. The number of esters is 1. The van der Waals surface area contributed by atoms with Crippen molar-refractivity contribution in [1.29, 1.82) is 0 Å². The molecule has 0 N–H and O–H groups in total. The van der Waals surface area contributed by atoms with E-state index in [4.69, 9.17) is 14.2 Å². The maximum absolute atomic E-state index is 12.8. The van der Waals surface area contributed by atoms with Crippen molar-refractivity contribution in [3.8, 4) is 0 Å². The van der Waals surface area contributed by atoms with Crippen LogP contribution in [0.15, 0.2) is 36.4 Å². The predicted molar refractivity (Wildman–Crippen MR) is 110 cm³/mol. The maximum Gasteiger partial charge on any atom is 0.420 e. The highest BCUT2D eigenvalue weighted by atomic mass is 16.6. The van der Waals surface area contributed by atoms with E-state index in [0.29, 0.717) is 4.90 Å². The lowest BCUT2D eigenvalue weighted by molar-refractivity contribution is -0.146. The van der Waals surface area contributed by atoms with Gasteiger partial charge in [-0.05, 0) is 53.5 Å². The third kappa shape index (κ3) is 8.81. The summed E-state index contributed by atoms with van der Waals surface area (Å²) in [5, 5.41) is 0. The van der Waals surface area contributed by atoms with Crippen molar-refractivity contribution in [3.63, 3.8) is 0 Å². The van der Waals surface area contributed by atoms with Crippen LogP contribution in [0.3, 0.4) is 0 Å². The summed E-state index contributed by atoms with van der Waals surface area (Å²) in [7, 11) is 1.19. The molecule has 0 radical (unpaired) electrons. The van der Waals surface area contributed by atoms with Gasteiger partial charge in [0.05, 0.1) is 7.11 Å². The standard InChI is InChI=1S/C22H31NO6/c1-21(2,3)28-19(25)23(20(26)29-22(4,5)6)17(18(24)27-7)15-11-14-16-12-9-8-10-13-16/h8-14,17H,15H2,1-7H3/b14-11+. The molecular formula is C22H31NO6. The molecule has 0 spiro atoms. The summed E-state index contributed by atoms with van der Waals surface area (Å²) in [6.07, 6.45) is 1.57. The number of carbonyl (C=O) groups is 3. The van der Waals surface area contributed by atoms with Crippen molar-refractivity contribution in [3.05, 3.63) is 42.0 Å². The minimum atomic E-state index is -1.23. The van der Waals surface area contributed by atoms with E-state index in [1.807, 2.05) is 30.3 Å². The Morgan fingerprint density at radius 3 is 1.83 bits per heavy atom. The van der Waals surface area contributed by atoms with Crippen molar-refractivity contribution in [2.45, 2.75) is 65.2 Å². The first kappa shape index (κ1) is 24.2. The molecule has 1 aromatic carbocycles. The second-order valence-corrected chi connectivity index (χ2v) is 8.42. The Kier molecular flexibility index (Phi) is 8.42. The second-order valence-electron chi connectivity index (χ2n) is 8.42. The zero-order valence-corrected chi connectivity index (χ0v) is 18.2. The van der Waals surface area contributed by atoms with E-state index in [1.54, 1.807) is 53.7 Å². The molecule has 0 aliphatic rings. The molecule has 0 aliphatic carbocycles. The summed E-state index contributed by atoms with van der Waals surface area (Å²) < 4.78 is 15.5. The molecule has 7 heteroatoms. The van der Waals surface area contributed by atoms with Crippen LogP contribution in [0.5, 0.6) is 0 Å². The molecule has 1 aromatic rings. The van der Waals surface area contributed by atoms with E-state index >= 15 is 0 Å². The molecular weight excluding hydrogens is 374 g/mol. The highest BCUT2D eigenvalue weighted by Gasteiger charge is 2.40. The van der Waals surface area contributed by atoms with Crippen molar-refractivity contribution in [2.75, 3.05) is 7.11 Å². The van der Waals surface area contributed by atoms with Gasteiger partial charge in [0.1, 0.15) is 17.2 Å². The Hall–Kier alpha value is -2.83. The molecule has 0 aliphatic heterocycles. The first-order valence-electron chi connectivity index (χ1n) is 9.38. The lowest BCUT2D eigenvalue weighted by Gasteiger charge is -2.31. The Morgan fingerprint density at radius 1 is 0.931 bits per heavy atom. The first-order valence-corrected chi connectivity index (χ1v) is 9.38. The molecule has 1 atom stereocenters. The van der Waals surface area contributed by atoms with Crippen molar-refractivity contribution in [2.24, 2.45) is 0 Å². The fourth-order valence-electron chi connectivity index (χ4n) is 2.29. The van der Waals surface area contributed by atoms with E-state index in [9.17, 15) is 14.4 Å². The fourth-order valence-corrected chi connectivity index (χ4v) is 2.29. The molecule has 1 rings (SSSR count). The van der Waals surface area contributed by atoms with Crippen LogP contribution in [-0.2, 0) is 19.0 Å². The van der Waals surface area contributed by atoms with E-state index in [2.05, 4.69) is 0 Å². The fraction of sp³-hybridized carbons (Fsp3) is 0.500. The average Bonchev–Trinajstić information content (AvgIpc) is 2.57. The van der Waals surface area contributed by atoms with Crippen LogP contribution in [0.25, 0.3) is 6.08 Å². The smallest absolute Gasteiger partial charge is 0.420 e. The van der Waals surface area contributed by atoms with Gasteiger partial charge in [-0.3, -0.25) is 0 Å². The largest absolute Gasteiger partial charge is 0.467 e. The number of imide groups is 1. The topological polar surface area (TPSA) is 82.1 Å². The number of rotatable bonds is 5. The number of nitrogens with zero attached hydrogens (tertiary/aromatic N) is 1. The molecule has 7 nitrogen and oxygen atoms in total. The van der Waals surface area contributed by atoms with Gasteiger partial charge in [-0.25, -0.2) is 14.4 Å². The van der Waals surface area contributed by atoms with Crippen molar-refractivity contribution in [1.82, 2.24) is 4.90 Å². The van der Waals surface area contributed by atoms with Gasteiger partial charge in [0, 0.05) is 0 Å². The summed E-state index contributed by atoms with van der Waals surface area (Å²) in [4.78, 5) is 38.6. The van der Waals surface area contributed by atoms with Gasteiger partial charge in [0.2, 0.25) is 0 Å². The lowest BCUT2D eigenvalue weighted by Crippen LogP contribution is -2.52. The zero-order chi connectivity index (χ0) is 22.2. The quantitative estimate of drug-likeness (QED) is 0.517. The molecule has 29 heavy (non-hydrogen) atoms. The number of hydrogen-bond acceptors (Lipinski definition) is 6. The van der Waals surface area contributed by atoms with Crippen LogP contribution < -0.4 is 0 Å². The molecule has 0 fully saturated rings. The number of ether oxygens (including phenoxy) is 3. The molecule has 1 unspecified atom stereocenters. The number of amides is 2. The summed E-state index contributed by atoms with van der Waals surface area (Å²) in [6.45, 7) is 10.0. The third-order valence-electron chi connectivity index (χ3n) is 3.43. The van der Waals surface area contributed by atoms with Crippen LogP contribution in [0, 0.1) is 0 Å². The Balaban J connectivity index is 3.20. The Bertz CT molecular complexity index is 700. The van der Waals surface area contributed by atoms with Crippen molar-refractivity contribution < 1.29 is 28.6 Å². The number of carbonyl (C=O) groups excluding carboxylic acids is 3. The number of methoxy groups -OCH3 is 1. The van der Waals surface area contributed by atoms with Gasteiger partial charge < -0.3 is 14.2 Å². The minimum absolute atomic E-state index is 0.0417. The van der Waals surface area contributed by atoms with Gasteiger partial charge in [0.15, 0.2) is 0 Å². The average molecular weight is 405 g/mol. The summed E-state index contributed by atoms with van der Waals surface area (Å²) >= 11 is 0. The van der Waals surface area contributed by atoms with Crippen LogP contribution in [0.1, 0.15) is 53.5 Å². The molecule has 0 saturated carbocycles. The van der Waals surface area contributed by atoms with Crippen LogP contribution >= 0.6 is 0 Å². The van der Waals surface area contributed by atoms with E-state index < -0.39 is 35.4 Å². The van der Waals surface area contributed by atoms with Crippen LogP contribution in [0.4, 0.5) is 9.59 Å². The van der Waals surface area contributed by atoms with Gasteiger partial charge in [0.25, 0.3) is 0 Å². The Morgan fingerprint density at radius 2 is 1.41 bits per heavy atom. The molecule has 0 aromatic heterocycles. The summed E-state index contributed by atoms with van der Waals surface area (Å²) in [5.41, 5.74) is -0.812. The monoisotopic (exact) mass is 405 g/mol. The lowest BCUT2D eigenvalue weighted by atomic mass is 10.1. The van der Waals surface area contributed by atoms with E-state index in [1.165, 1.54) is 7.11 Å². The van der Waals surface area contributed by atoms with Crippen LogP contribution in [-0.4, -0.2) is 47.4 Å². The number of hydrogen-bond donors (Lipinski definition) is 0. The molecule has 160 valence electrons. The number of benzene rings is 1. The minimum Gasteiger partial charge on any atom is -0.467 e. The van der Waals surface area contributed by atoms with E-state index in [0.717, 1.165) is 5.56 Å².